The van der Waals surface area contributed by atoms with Crippen LogP contribution in [0, 0.1) is 5.82 Å². The number of aryl methyl sites for hydroxylation is 1. The highest BCUT2D eigenvalue weighted by Crippen LogP contribution is 2.16. The number of hydrogen-bond acceptors (Lipinski definition) is 5. The maximum absolute atomic E-state index is 13.6. The Hall–Kier alpha value is -3.27. The number of fused-ring (bicyclic) bond motifs is 3. The molecule has 1 aromatic carbocycles. The van der Waals surface area contributed by atoms with Crippen molar-refractivity contribution in [3.8, 4) is 0 Å². The number of carbonyl (C=O) groups excluding carboxylic acids is 1. The molecule has 0 aliphatic carbocycles. The van der Waals surface area contributed by atoms with E-state index in [1.54, 1.807) is 17.5 Å². The predicted molar refractivity (Wildman–Crippen MR) is 95.1 cm³/mol. The van der Waals surface area contributed by atoms with Gasteiger partial charge in [0.2, 0.25) is 11.7 Å². The zero-order chi connectivity index (χ0) is 18.4. The van der Waals surface area contributed by atoms with E-state index >= 15 is 0 Å². The molecule has 0 aliphatic heterocycles. The van der Waals surface area contributed by atoms with E-state index in [1.807, 2.05) is 0 Å². The molecule has 0 unspecified atom stereocenters. The van der Waals surface area contributed by atoms with Crippen LogP contribution in [0.25, 0.3) is 16.0 Å². The summed E-state index contributed by atoms with van der Waals surface area (Å²) >= 11 is 1.23. The second-order valence-electron chi connectivity index (χ2n) is 5.60. The Balaban J connectivity index is 1.76. The topological polar surface area (TPSA) is 90.4 Å². The van der Waals surface area contributed by atoms with E-state index in [0.717, 1.165) is 4.68 Å². The predicted octanol–water partition coefficient (Wildman–Crippen LogP) is 1.19. The monoisotopic (exact) mass is 373 g/mol. The number of rotatable bonds is 3. The van der Waals surface area contributed by atoms with E-state index in [9.17, 15) is 18.8 Å². The average molecular weight is 373 g/mol. The number of nitrogens with zero attached hydrogens (tertiary/aromatic N) is 4. The standard InChI is InChI=1S/C16H12FN5O3S/c1-20-14(24)13-11(6-7-26-13)22-15(20)19-21(16(22)25)8-12(23)18-10-5-3-2-4-9(10)17/h2-7H,8H2,1H3,(H,18,23). The molecule has 0 spiro atoms. The molecular weight excluding hydrogens is 361 g/mol. The van der Waals surface area contributed by atoms with Gasteiger partial charge in [-0.2, -0.15) is 0 Å². The van der Waals surface area contributed by atoms with Crippen molar-refractivity contribution in [1.29, 1.82) is 0 Å². The Kier molecular flexibility index (Phi) is 3.69. The van der Waals surface area contributed by atoms with Gasteiger partial charge in [0.05, 0.1) is 11.2 Å². The highest BCUT2D eigenvalue weighted by molar-refractivity contribution is 7.17. The van der Waals surface area contributed by atoms with Crippen molar-refractivity contribution in [2.45, 2.75) is 6.54 Å². The van der Waals surface area contributed by atoms with Gasteiger partial charge in [0.1, 0.15) is 17.1 Å². The normalized spacial score (nSPS) is 11.3. The summed E-state index contributed by atoms with van der Waals surface area (Å²) in [5.41, 5.74) is -0.362. The van der Waals surface area contributed by atoms with E-state index < -0.39 is 24.0 Å². The minimum absolute atomic E-state index is 0.0157. The molecule has 0 fully saturated rings. The Bertz CT molecular complexity index is 1280. The van der Waals surface area contributed by atoms with Crippen molar-refractivity contribution in [3.05, 3.63) is 62.4 Å². The van der Waals surface area contributed by atoms with Gasteiger partial charge in [-0.3, -0.25) is 14.2 Å². The summed E-state index contributed by atoms with van der Waals surface area (Å²) in [6.07, 6.45) is 0. The summed E-state index contributed by atoms with van der Waals surface area (Å²) in [7, 11) is 1.51. The molecule has 0 bridgehead atoms. The quantitative estimate of drug-likeness (QED) is 0.584. The lowest BCUT2D eigenvalue weighted by molar-refractivity contribution is -0.117. The van der Waals surface area contributed by atoms with E-state index in [0.29, 0.717) is 10.2 Å². The number of aromatic nitrogens is 4. The summed E-state index contributed by atoms with van der Waals surface area (Å²) < 4.78 is 17.5. The van der Waals surface area contributed by atoms with Crippen LogP contribution in [0.3, 0.4) is 0 Å². The van der Waals surface area contributed by atoms with Crippen molar-refractivity contribution in [1.82, 2.24) is 18.7 Å². The smallest absolute Gasteiger partial charge is 0.322 e. The van der Waals surface area contributed by atoms with Crippen LogP contribution in [-0.2, 0) is 18.4 Å². The number of anilines is 1. The van der Waals surface area contributed by atoms with Crippen molar-refractivity contribution < 1.29 is 9.18 Å². The SMILES string of the molecule is Cn1c(=O)c2sccc2n2c(=O)n(CC(=O)Nc3ccccc3F)nc12. The molecule has 4 aromatic rings. The van der Waals surface area contributed by atoms with Crippen LogP contribution in [0.4, 0.5) is 10.1 Å². The Morgan fingerprint density at radius 3 is 2.81 bits per heavy atom. The maximum atomic E-state index is 13.6. The van der Waals surface area contributed by atoms with Crippen LogP contribution in [0.1, 0.15) is 0 Å². The largest absolute Gasteiger partial charge is 0.352 e. The summed E-state index contributed by atoms with van der Waals surface area (Å²) in [6.45, 7) is -0.408. The molecular formula is C16H12FN5O3S. The fourth-order valence-corrected chi connectivity index (χ4v) is 3.55. The lowest BCUT2D eigenvalue weighted by Gasteiger charge is -2.05. The van der Waals surface area contributed by atoms with Gasteiger partial charge in [-0.15, -0.1) is 16.4 Å². The summed E-state index contributed by atoms with van der Waals surface area (Å²) in [5, 5.41) is 8.19. The molecule has 0 atom stereocenters. The van der Waals surface area contributed by atoms with Crippen LogP contribution in [0.5, 0.6) is 0 Å². The third-order valence-electron chi connectivity index (χ3n) is 3.95. The van der Waals surface area contributed by atoms with Crippen LogP contribution in [0.2, 0.25) is 0 Å². The molecule has 0 saturated heterocycles. The van der Waals surface area contributed by atoms with Gasteiger partial charge < -0.3 is 5.32 Å². The first kappa shape index (κ1) is 16.2. The Morgan fingerprint density at radius 1 is 1.27 bits per heavy atom. The minimum Gasteiger partial charge on any atom is -0.322 e. The first-order valence-electron chi connectivity index (χ1n) is 7.57. The zero-order valence-corrected chi connectivity index (χ0v) is 14.3. The molecule has 1 N–H and O–H groups in total. The third kappa shape index (κ3) is 2.42. The molecule has 3 aromatic heterocycles. The number of benzene rings is 1. The molecule has 1 amide bonds. The number of para-hydroxylation sites is 1. The summed E-state index contributed by atoms with van der Waals surface area (Å²) in [5.74, 6) is -1.05. The number of thiophene rings is 1. The fraction of sp³-hybridized carbons (Fsp3) is 0.125. The average Bonchev–Trinajstić information content (AvgIpc) is 3.20. The van der Waals surface area contributed by atoms with E-state index in [1.165, 1.54) is 45.6 Å². The Morgan fingerprint density at radius 2 is 2.04 bits per heavy atom. The van der Waals surface area contributed by atoms with E-state index in [2.05, 4.69) is 10.4 Å². The van der Waals surface area contributed by atoms with Crippen molar-refractivity contribution in [2.75, 3.05) is 5.32 Å². The number of halogens is 1. The zero-order valence-electron chi connectivity index (χ0n) is 13.5. The number of nitrogens with one attached hydrogen (secondary N) is 1. The molecule has 8 nitrogen and oxygen atoms in total. The highest BCUT2D eigenvalue weighted by atomic mass is 32.1. The van der Waals surface area contributed by atoms with Crippen molar-refractivity contribution >= 4 is 38.9 Å². The number of hydrogen-bond donors (Lipinski definition) is 1. The molecule has 3 heterocycles. The molecule has 4 rings (SSSR count). The minimum atomic E-state index is -0.604. The summed E-state index contributed by atoms with van der Waals surface area (Å²) in [4.78, 5) is 37.1. The van der Waals surface area contributed by atoms with Gasteiger partial charge in [0, 0.05) is 7.05 Å². The first-order chi connectivity index (χ1) is 12.5. The lowest BCUT2D eigenvalue weighted by atomic mass is 10.3. The van der Waals surface area contributed by atoms with E-state index in [-0.39, 0.29) is 17.0 Å². The second-order valence-corrected chi connectivity index (χ2v) is 6.52. The molecule has 26 heavy (non-hydrogen) atoms. The highest BCUT2D eigenvalue weighted by Gasteiger charge is 2.18. The van der Waals surface area contributed by atoms with Crippen LogP contribution in [-0.4, -0.2) is 24.7 Å². The van der Waals surface area contributed by atoms with Crippen molar-refractivity contribution in [2.24, 2.45) is 7.05 Å². The molecule has 10 heteroatoms. The Labute approximate surface area is 148 Å². The molecule has 132 valence electrons. The summed E-state index contributed by atoms with van der Waals surface area (Å²) in [6, 6.07) is 7.37. The van der Waals surface area contributed by atoms with Crippen LogP contribution < -0.4 is 16.6 Å². The number of carbonyl (C=O) groups is 1. The molecule has 0 saturated carbocycles. The van der Waals surface area contributed by atoms with Gasteiger partial charge in [-0.05, 0) is 23.6 Å². The van der Waals surface area contributed by atoms with Gasteiger partial charge in [-0.1, -0.05) is 12.1 Å². The number of amides is 1. The van der Waals surface area contributed by atoms with Crippen LogP contribution in [0.15, 0.2) is 45.3 Å². The lowest BCUT2D eigenvalue weighted by Crippen LogP contribution is -2.29. The molecule has 0 radical (unpaired) electrons. The first-order valence-corrected chi connectivity index (χ1v) is 8.45. The van der Waals surface area contributed by atoms with E-state index in [4.69, 9.17) is 0 Å². The third-order valence-corrected chi connectivity index (χ3v) is 4.84. The second kappa shape index (κ2) is 5.92. The van der Waals surface area contributed by atoms with Gasteiger partial charge in [-0.25, -0.2) is 18.3 Å². The molecule has 0 aliphatic rings. The van der Waals surface area contributed by atoms with Crippen molar-refractivity contribution in [3.63, 3.8) is 0 Å². The fourth-order valence-electron chi connectivity index (χ4n) is 2.70. The van der Waals surface area contributed by atoms with Gasteiger partial charge in [0.15, 0.2) is 0 Å². The maximum Gasteiger partial charge on any atom is 0.352 e. The van der Waals surface area contributed by atoms with Crippen LogP contribution >= 0.6 is 11.3 Å². The van der Waals surface area contributed by atoms with Gasteiger partial charge in [0.25, 0.3) is 5.56 Å². The van der Waals surface area contributed by atoms with Gasteiger partial charge >= 0.3 is 5.69 Å².